The third-order valence-corrected chi connectivity index (χ3v) is 5.11. The molecule has 0 amide bonds. The predicted octanol–water partition coefficient (Wildman–Crippen LogP) is 4.73. The summed E-state index contributed by atoms with van der Waals surface area (Å²) in [6.07, 6.45) is 12.4. The molecule has 0 aliphatic heterocycles. The molecule has 1 unspecified atom stereocenters. The van der Waals surface area contributed by atoms with Gasteiger partial charge in [-0.3, -0.25) is 0 Å². The fourth-order valence-corrected chi connectivity index (χ4v) is 3.50. The van der Waals surface area contributed by atoms with Crippen molar-refractivity contribution >= 4 is 11.9 Å². The molecule has 0 spiro atoms. The quantitative estimate of drug-likeness (QED) is 0.492. The molecular formula is C19H32O4. The number of carbonyl (C=O) groups is 2. The van der Waals surface area contributed by atoms with Crippen LogP contribution in [0.1, 0.15) is 78.6 Å². The number of ether oxygens (including phenoxy) is 1. The molecule has 1 fully saturated rings. The van der Waals surface area contributed by atoms with Crippen molar-refractivity contribution in [1.29, 1.82) is 0 Å². The van der Waals surface area contributed by atoms with E-state index in [-0.39, 0.29) is 0 Å². The van der Waals surface area contributed by atoms with Gasteiger partial charge in [-0.25, -0.2) is 9.59 Å². The summed E-state index contributed by atoms with van der Waals surface area (Å²) >= 11 is 0. The van der Waals surface area contributed by atoms with E-state index in [0.29, 0.717) is 5.92 Å². The number of esters is 1. The van der Waals surface area contributed by atoms with Crippen LogP contribution < -0.4 is 0 Å². The van der Waals surface area contributed by atoms with Crippen LogP contribution in [0.4, 0.5) is 0 Å². The normalized spacial score (nSPS) is 24.3. The number of rotatable bonds is 9. The van der Waals surface area contributed by atoms with E-state index in [1.807, 2.05) is 13.8 Å². The molecule has 0 saturated heterocycles. The molecule has 23 heavy (non-hydrogen) atoms. The van der Waals surface area contributed by atoms with Crippen LogP contribution in [0.5, 0.6) is 0 Å². The molecule has 0 bridgehead atoms. The molecule has 1 rings (SSSR count). The molecule has 4 heteroatoms. The summed E-state index contributed by atoms with van der Waals surface area (Å²) in [5, 5.41) is 8.57. The smallest absolute Gasteiger partial charge is 0.331 e. The molecule has 0 aromatic carbocycles. The Bertz CT molecular complexity index is 408. The molecular weight excluding hydrogens is 292 g/mol. The fraction of sp³-hybridized carbons (Fsp3) is 0.789. The minimum Gasteiger partial charge on any atom is -0.478 e. The van der Waals surface area contributed by atoms with Crippen LogP contribution in [0.25, 0.3) is 0 Å². The predicted molar refractivity (Wildman–Crippen MR) is 91.2 cm³/mol. The average molecular weight is 324 g/mol. The van der Waals surface area contributed by atoms with E-state index in [0.717, 1.165) is 30.9 Å². The van der Waals surface area contributed by atoms with E-state index in [1.54, 1.807) is 0 Å². The minimum absolute atomic E-state index is 0.499. The van der Waals surface area contributed by atoms with Gasteiger partial charge in [0.15, 0.2) is 0 Å². The molecule has 1 N–H and O–H groups in total. The molecule has 0 aromatic rings. The first kappa shape index (κ1) is 19.7. The average Bonchev–Trinajstić information content (AvgIpc) is 2.52. The number of aliphatic carboxylic acids is 1. The second-order valence-electron chi connectivity index (χ2n) is 7.13. The lowest BCUT2D eigenvalue weighted by atomic mass is 9.75. The van der Waals surface area contributed by atoms with E-state index >= 15 is 0 Å². The molecule has 0 aromatic heterocycles. The van der Waals surface area contributed by atoms with Crippen LogP contribution in [-0.4, -0.2) is 22.6 Å². The van der Waals surface area contributed by atoms with Crippen LogP contribution in [-0.2, 0) is 14.3 Å². The minimum atomic E-state index is -1.13. The summed E-state index contributed by atoms with van der Waals surface area (Å²) in [6.45, 7) is 6.22. The van der Waals surface area contributed by atoms with Gasteiger partial charge in [-0.15, -0.1) is 0 Å². The van der Waals surface area contributed by atoms with Gasteiger partial charge >= 0.3 is 11.9 Å². The Kier molecular flexibility index (Phi) is 8.35. The van der Waals surface area contributed by atoms with Crippen LogP contribution >= 0.6 is 0 Å². The first-order valence-corrected chi connectivity index (χ1v) is 9.02. The van der Waals surface area contributed by atoms with Gasteiger partial charge in [0.1, 0.15) is 5.60 Å². The SMILES string of the molecule is CCCCC1CCC(CC(C)(CC)OC(=O)/C=C/C(=O)O)CC1. The van der Waals surface area contributed by atoms with Crippen LogP contribution in [0.15, 0.2) is 12.2 Å². The lowest BCUT2D eigenvalue weighted by Crippen LogP contribution is -2.34. The molecule has 132 valence electrons. The van der Waals surface area contributed by atoms with Crippen molar-refractivity contribution in [2.45, 2.75) is 84.2 Å². The zero-order valence-corrected chi connectivity index (χ0v) is 14.8. The Morgan fingerprint density at radius 1 is 1.13 bits per heavy atom. The second kappa shape index (κ2) is 9.74. The standard InChI is InChI=1S/C19H32O4/c1-4-6-7-15-8-10-16(11-9-15)14-19(3,5-2)23-18(22)13-12-17(20)21/h12-13,15-16H,4-11,14H2,1-3H3,(H,20,21)/b13-12+. The number of hydrogen-bond donors (Lipinski definition) is 1. The molecule has 1 aliphatic rings. The Balaban J connectivity index is 2.46. The molecule has 0 radical (unpaired) electrons. The maximum Gasteiger partial charge on any atom is 0.331 e. The van der Waals surface area contributed by atoms with Crippen LogP contribution in [0.2, 0.25) is 0 Å². The number of carboxylic acid groups (broad SMARTS) is 1. The van der Waals surface area contributed by atoms with E-state index in [4.69, 9.17) is 9.84 Å². The highest BCUT2D eigenvalue weighted by molar-refractivity contribution is 5.90. The molecule has 4 nitrogen and oxygen atoms in total. The van der Waals surface area contributed by atoms with Crippen molar-refractivity contribution in [3.63, 3.8) is 0 Å². The number of carbonyl (C=O) groups excluding carboxylic acids is 1. The van der Waals surface area contributed by atoms with E-state index in [9.17, 15) is 9.59 Å². The van der Waals surface area contributed by atoms with E-state index < -0.39 is 17.5 Å². The van der Waals surface area contributed by atoms with Gasteiger partial charge in [-0.1, -0.05) is 58.8 Å². The van der Waals surface area contributed by atoms with E-state index in [1.165, 1.54) is 44.9 Å². The summed E-state index contributed by atoms with van der Waals surface area (Å²) in [5.74, 6) is -0.215. The number of unbranched alkanes of at least 4 members (excludes halogenated alkanes) is 1. The fourth-order valence-electron chi connectivity index (χ4n) is 3.50. The van der Waals surface area contributed by atoms with Crippen molar-refractivity contribution < 1.29 is 19.4 Å². The molecule has 1 atom stereocenters. The largest absolute Gasteiger partial charge is 0.478 e. The molecule has 1 saturated carbocycles. The maximum atomic E-state index is 11.8. The Hall–Kier alpha value is -1.32. The van der Waals surface area contributed by atoms with Crippen molar-refractivity contribution in [3.05, 3.63) is 12.2 Å². The van der Waals surface area contributed by atoms with Crippen LogP contribution in [0.3, 0.4) is 0 Å². The maximum absolute atomic E-state index is 11.8. The molecule has 0 heterocycles. The highest BCUT2D eigenvalue weighted by Gasteiger charge is 2.32. The zero-order valence-electron chi connectivity index (χ0n) is 14.8. The Morgan fingerprint density at radius 2 is 1.74 bits per heavy atom. The summed E-state index contributed by atoms with van der Waals surface area (Å²) in [6, 6.07) is 0. The van der Waals surface area contributed by atoms with Crippen molar-refractivity contribution in [2.75, 3.05) is 0 Å². The van der Waals surface area contributed by atoms with Crippen molar-refractivity contribution in [1.82, 2.24) is 0 Å². The number of hydrogen-bond acceptors (Lipinski definition) is 3. The summed E-state index contributed by atoms with van der Waals surface area (Å²) in [4.78, 5) is 22.2. The van der Waals surface area contributed by atoms with Crippen molar-refractivity contribution in [3.8, 4) is 0 Å². The van der Waals surface area contributed by atoms with E-state index in [2.05, 4.69) is 6.92 Å². The molecule has 1 aliphatic carbocycles. The van der Waals surface area contributed by atoms with Crippen molar-refractivity contribution in [2.24, 2.45) is 11.8 Å². The monoisotopic (exact) mass is 324 g/mol. The zero-order chi connectivity index (χ0) is 17.3. The van der Waals surface area contributed by atoms with Gasteiger partial charge in [0.2, 0.25) is 0 Å². The van der Waals surface area contributed by atoms with Gasteiger partial charge in [0.25, 0.3) is 0 Å². The first-order valence-electron chi connectivity index (χ1n) is 9.02. The summed E-state index contributed by atoms with van der Waals surface area (Å²) in [5.41, 5.74) is -0.499. The van der Waals surface area contributed by atoms with Gasteiger partial charge in [-0.05, 0) is 31.6 Å². The Morgan fingerprint density at radius 3 is 2.26 bits per heavy atom. The number of carboxylic acids is 1. The second-order valence-corrected chi connectivity index (χ2v) is 7.13. The third kappa shape index (κ3) is 7.67. The van der Waals surface area contributed by atoms with Crippen LogP contribution in [0, 0.1) is 11.8 Å². The topological polar surface area (TPSA) is 63.6 Å². The highest BCUT2D eigenvalue weighted by Crippen LogP contribution is 2.37. The summed E-state index contributed by atoms with van der Waals surface area (Å²) in [7, 11) is 0. The van der Waals surface area contributed by atoms with Gasteiger partial charge < -0.3 is 9.84 Å². The first-order chi connectivity index (χ1) is 10.9. The Labute approximate surface area is 140 Å². The van der Waals surface area contributed by atoms with Gasteiger partial charge in [0.05, 0.1) is 0 Å². The van der Waals surface area contributed by atoms with Gasteiger partial charge in [0, 0.05) is 12.2 Å². The summed E-state index contributed by atoms with van der Waals surface area (Å²) < 4.78 is 5.54. The van der Waals surface area contributed by atoms with Gasteiger partial charge in [-0.2, -0.15) is 0 Å². The highest BCUT2D eigenvalue weighted by atomic mass is 16.6. The lowest BCUT2D eigenvalue weighted by molar-refractivity contribution is -0.154. The lowest BCUT2D eigenvalue weighted by Gasteiger charge is -2.35. The third-order valence-electron chi connectivity index (χ3n) is 5.11.